The molecule has 1 unspecified atom stereocenters. The standard InChI is InChI=1S/C12H14N2/c1-3-10-4-2-7-14-11(10)12(5-1)6-8-13-9-12/h1-4,7,13H,5-6,8-9H2. The van der Waals surface area contributed by atoms with Crippen LogP contribution in [-0.2, 0) is 5.41 Å². The van der Waals surface area contributed by atoms with Gasteiger partial charge in [-0.2, -0.15) is 0 Å². The van der Waals surface area contributed by atoms with Crippen LogP contribution in [0, 0.1) is 0 Å². The Kier molecular flexibility index (Phi) is 1.71. The number of nitrogens with zero attached hydrogens (tertiary/aromatic N) is 1. The fourth-order valence-electron chi connectivity index (χ4n) is 2.62. The topological polar surface area (TPSA) is 24.9 Å². The molecule has 0 amide bonds. The van der Waals surface area contributed by atoms with E-state index in [9.17, 15) is 0 Å². The van der Waals surface area contributed by atoms with Crippen LogP contribution >= 0.6 is 0 Å². The summed E-state index contributed by atoms with van der Waals surface area (Å²) in [5.41, 5.74) is 2.90. The molecule has 3 rings (SSSR count). The smallest absolute Gasteiger partial charge is 0.0553 e. The zero-order valence-corrected chi connectivity index (χ0v) is 8.16. The highest BCUT2D eigenvalue weighted by Gasteiger charge is 2.38. The van der Waals surface area contributed by atoms with Crippen LogP contribution in [0.4, 0.5) is 0 Å². The van der Waals surface area contributed by atoms with Crippen LogP contribution < -0.4 is 5.32 Å². The molecule has 1 fully saturated rings. The van der Waals surface area contributed by atoms with Crippen LogP contribution in [-0.4, -0.2) is 18.1 Å². The predicted octanol–water partition coefficient (Wildman–Crippen LogP) is 1.73. The van der Waals surface area contributed by atoms with E-state index in [2.05, 4.69) is 28.5 Å². The van der Waals surface area contributed by atoms with Crippen LogP contribution in [0.25, 0.3) is 6.08 Å². The fourth-order valence-corrected chi connectivity index (χ4v) is 2.62. The maximum Gasteiger partial charge on any atom is 0.0553 e. The molecule has 2 heterocycles. The van der Waals surface area contributed by atoms with Crippen LogP contribution in [0.2, 0.25) is 0 Å². The summed E-state index contributed by atoms with van der Waals surface area (Å²) < 4.78 is 0. The zero-order chi connectivity index (χ0) is 9.43. The average Bonchev–Trinajstić information content (AvgIpc) is 2.68. The van der Waals surface area contributed by atoms with E-state index in [0.29, 0.717) is 5.41 Å². The Labute approximate surface area is 84.1 Å². The van der Waals surface area contributed by atoms with Gasteiger partial charge in [0, 0.05) is 18.2 Å². The van der Waals surface area contributed by atoms with Crippen LogP contribution in [0.1, 0.15) is 24.1 Å². The average molecular weight is 186 g/mol. The summed E-state index contributed by atoms with van der Waals surface area (Å²) in [5, 5.41) is 3.45. The van der Waals surface area contributed by atoms with Crippen molar-refractivity contribution < 1.29 is 0 Å². The van der Waals surface area contributed by atoms with E-state index in [0.717, 1.165) is 19.5 Å². The first-order valence-electron chi connectivity index (χ1n) is 5.24. The van der Waals surface area contributed by atoms with Crippen molar-refractivity contribution in [3.63, 3.8) is 0 Å². The van der Waals surface area contributed by atoms with Crippen molar-refractivity contribution in [1.29, 1.82) is 0 Å². The Morgan fingerprint density at radius 1 is 1.43 bits per heavy atom. The van der Waals surface area contributed by atoms with Gasteiger partial charge in [0.15, 0.2) is 0 Å². The van der Waals surface area contributed by atoms with Gasteiger partial charge in [-0.15, -0.1) is 0 Å². The number of pyridine rings is 1. The van der Waals surface area contributed by atoms with E-state index in [1.54, 1.807) is 0 Å². The largest absolute Gasteiger partial charge is 0.316 e. The number of aromatic nitrogens is 1. The molecule has 1 aromatic rings. The highest BCUT2D eigenvalue weighted by atomic mass is 14.9. The Hall–Kier alpha value is -1.15. The summed E-state index contributed by atoms with van der Waals surface area (Å²) in [5.74, 6) is 0. The first-order valence-corrected chi connectivity index (χ1v) is 5.24. The zero-order valence-electron chi connectivity index (χ0n) is 8.16. The van der Waals surface area contributed by atoms with E-state index in [1.807, 2.05) is 12.3 Å². The van der Waals surface area contributed by atoms with Crippen molar-refractivity contribution in [3.05, 3.63) is 35.7 Å². The molecule has 1 aliphatic heterocycles. The van der Waals surface area contributed by atoms with E-state index in [-0.39, 0.29) is 0 Å². The van der Waals surface area contributed by atoms with Crippen LogP contribution in [0.15, 0.2) is 24.4 Å². The molecular formula is C12H14N2. The molecule has 1 atom stereocenters. The van der Waals surface area contributed by atoms with Gasteiger partial charge in [-0.25, -0.2) is 0 Å². The second-order valence-corrected chi connectivity index (χ2v) is 4.25. The Morgan fingerprint density at radius 2 is 2.43 bits per heavy atom. The molecule has 0 saturated carbocycles. The molecule has 1 spiro atoms. The van der Waals surface area contributed by atoms with Crippen molar-refractivity contribution in [3.8, 4) is 0 Å². The predicted molar refractivity (Wildman–Crippen MR) is 57.1 cm³/mol. The first kappa shape index (κ1) is 8.18. The van der Waals surface area contributed by atoms with Crippen molar-refractivity contribution in [2.24, 2.45) is 0 Å². The second-order valence-electron chi connectivity index (χ2n) is 4.25. The Morgan fingerprint density at radius 3 is 3.29 bits per heavy atom. The maximum absolute atomic E-state index is 4.56. The summed E-state index contributed by atoms with van der Waals surface area (Å²) in [7, 11) is 0. The summed E-state index contributed by atoms with van der Waals surface area (Å²) in [4.78, 5) is 4.56. The third-order valence-electron chi connectivity index (χ3n) is 3.39. The minimum absolute atomic E-state index is 0.297. The van der Waals surface area contributed by atoms with Gasteiger partial charge in [-0.3, -0.25) is 4.98 Å². The van der Waals surface area contributed by atoms with Crippen molar-refractivity contribution >= 4 is 6.08 Å². The van der Waals surface area contributed by atoms with E-state index in [4.69, 9.17) is 0 Å². The molecule has 2 nitrogen and oxygen atoms in total. The minimum atomic E-state index is 0.297. The summed E-state index contributed by atoms with van der Waals surface area (Å²) in [6.45, 7) is 2.21. The molecule has 1 aliphatic carbocycles. The SMILES string of the molecule is C1=Cc2cccnc2C2(C1)CCNC2. The number of hydrogen-bond donors (Lipinski definition) is 1. The van der Waals surface area contributed by atoms with Gasteiger partial charge in [0.05, 0.1) is 5.69 Å². The van der Waals surface area contributed by atoms with Crippen molar-refractivity contribution in [2.45, 2.75) is 18.3 Å². The normalized spacial score (nSPS) is 29.4. The lowest BCUT2D eigenvalue weighted by Crippen LogP contribution is -2.31. The highest BCUT2D eigenvalue weighted by Crippen LogP contribution is 2.38. The van der Waals surface area contributed by atoms with Crippen LogP contribution in [0.5, 0.6) is 0 Å². The van der Waals surface area contributed by atoms with Gasteiger partial charge in [-0.05, 0) is 31.0 Å². The van der Waals surface area contributed by atoms with Crippen molar-refractivity contribution in [1.82, 2.24) is 10.3 Å². The molecule has 14 heavy (non-hydrogen) atoms. The van der Waals surface area contributed by atoms with E-state index < -0.39 is 0 Å². The van der Waals surface area contributed by atoms with Gasteiger partial charge < -0.3 is 5.32 Å². The van der Waals surface area contributed by atoms with Gasteiger partial charge in [0.2, 0.25) is 0 Å². The third kappa shape index (κ3) is 1.04. The Balaban J connectivity index is 2.15. The first-order chi connectivity index (χ1) is 6.91. The number of rotatable bonds is 0. The fraction of sp³-hybridized carbons (Fsp3) is 0.417. The van der Waals surface area contributed by atoms with Gasteiger partial charge >= 0.3 is 0 Å². The summed E-state index contributed by atoms with van der Waals surface area (Å²) in [6.07, 6.45) is 8.77. The molecule has 1 aromatic heterocycles. The van der Waals surface area contributed by atoms with Crippen molar-refractivity contribution in [2.75, 3.05) is 13.1 Å². The van der Waals surface area contributed by atoms with E-state index in [1.165, 1.54) is 17.7 Å². The summed E-state index contributed by atoms with van der Waals surface area (Å²) in [6, 6.07) is 4.18. The van der Waals surface area contributed by atoms with E-state index >= 15 is 0 Å². The monoisotopic (exact) mass is 186 g/mol. The number of allylic oxidation sites excluding steroid dienone is 1. The number of fused-ring (bicyclic) bond motifs is 2. The van der Waals surface area contributed by atoms with Gasteiger partial charge in [-0.1, -0.05) is 18.2 Å². The molecule has 1 N–H and O–H groups in total. The molecule has 72 valence electrons. The lowest BCUT2D eigenvalue weighted by atomic mass is 9.75. The second kappa shape index (κ2) is 2.92. The molecule has 1 saturated heterocycles. The molecule has 2 aliphatic rings. The molecule has 0 radical (unpaired) electrons. The quantitative estimate of drug-likeness (QED) is 0.667. The Bertz CT molecular complexity index is 376. The number of nitrogens with one attached hydrogen (secondary N) is 1. The molecule has 0 bridgehead atoms. The molecule has 2 heteroatoms. The third-order valence-corrected chi connectivity index (χ3v) is 3.39. The van der Waals surface area contributed by atoms with Gasteiger partial charge in [0.1, 0.15) is 0 Å². The lowest BCUT2D eigenvalue weighted by molar-refractivity contribution is 0.458. The lowest BCUT2D eigenvalue weighted by Gasteiger charge is -2.30. The number of hydrogen-bond acceptors (Lipinski definition) is 2. The summed E-state index contributed by atoms with van der Waals surface area (Å²) >= 11 is 0. The van der Waals surface area contributed by atoms with Crippen LogP contribution in [0.3, 0.4) is 0 Å². The van der Waals surface area contributed by atoms with Gasteiger partial charge in [0.25, 0.3) is 0 Å². The maximum atomic E-state index is 4.56. The molecule has 0 aromatic carbocycles. The molecular weight excluding hydrogens is 172 g/mol. The minimum Gasteiger partial charge on any atom is -0.316 e. The highest BCUT2D eigenvalue weighted by molar-refractivity contribution is 5.57.